The Bertz CT molecular complexity index is 2090. The SMILES string of the molecule is COc1cc(-c2cn(C)c(=O)c3cnccc23)cc(OC)c1CN1CCC(OC2CCN(CCn3cccc(CN4CCC(=O)CC4=O)c3=O)CC2)CC1. The molecule has 13 nitrogen and oxygen atoms in total. The quantitative estimate of drug-likeness (QED) is 0.199. The van der Waals surface area contributed by atoms with Crippen LogP contribution in [-0.4, -0.2) is 106 Å². The maximum atomic E-state index is 13.2. The van der Waals surface area contributed by atoms with Crippen LogP contribution in [-0.2, 0) is 41.0 Å². The maximum absolute atomic E-state index is 13.2. The predicted octanol–water partition coefficient (Wildman–Crippen LogP) is 3.62. The number of methoxy groups -OCH3 is 2. The van der Waals surface area contributed by atoms with Crippen LogP contribution in [0.5, 0.6) is 11.5 Å². The fourth-order valence-corrected chi connectivity index (χ4v) is 8.06. The number of Topliss-reactive ketones (excluding diaryl/α,β-unsaturated/α-hetero) is 1. The van der Waals surface area contributed by atoms with Crippen LogP contribution in [0.1, 0.15) is 49.7 Å². The van der Waals surface area contributed by atoms with Gasteiger partial charge in [-0.25, -0.2) is 0 Å². The van der Waals surface area contributed by atoms with Crippen LogP contribution in [0, 0.1) is 0 Å². The maximum Gasteiger partial charge on any atom is 0.259 e. The van der Waals surface area contributed by atoms with Gasteiger partial charge >= 0.3 is 0 Å². The first-order chi connectivity index (χ1) is 26.2. The molecule has 286 valence electrons. The lowest BCUT2D eigenvalue weighted by Crippen LogP contribution is -2.43. The van der Waals surface area contributed by atoms with E-state index in [9.17, 15) is 19.2 Å². The van der Waals surface area contributed by atoms with Crippen LogP contribution in [0.25, 0.3) is 21.9 Å². The molecule has 1 aromatic carbocycles. The van der Waals surface area contributed by atoms with E-state index in [1.807, 2.05) is 36.7 Å². The molecule has 0 atom stereocenters. The van der Waals surface area contributed by atoms with Gasteiger partial charge in [0.25, 0.3) is 11.1 Å². The highest BCUT2D eigenvalue weighted by molar-refractivity contribution is 6.00. The summed E-state index contributed by atoms with van der Waals surface area (Å²) in [7, 11) is 5.11. The minimum atomic E-state index is -0.201. The van der Waals surface area contributed by atoms with Gasteiger partial charge in [0.2, 0.25) is 5.91 Å². The third-order valence-electron chi connectivity index (χ3n) is 11.2. The van der Waals surface area contributed by atoms with E-state index >= 15 is 0 Å². The highest BCUT2D eigenvalue weighted by Gasteiger charge is 2.28. The zero-order valence-electron chi connectivity index (χ0n) is 31.5. The number of likely N-dealkylation sites (tertiary alicyclic amines) is 3. The second-order valence-electron chi connectivity index (χ2n) is 14.7. The molecule has 0 spiro atoms. The molecule has 3 aliphatic rings. The van der Waals surface area contributed by atoms with Gasteiger partial charge in [0.05, 0.1) is 50.3 Å². The summed E-state index contributed by atoms with van der Waals surface area (Å²) in [5, 5.41) is 1.40. The smallest absolute Gasteiger partial charge is 0.259 e. The van der Waals surface area contributed by atoms with Gasteiger partial charge in [-0.1, -0.05) is 6.07 Å². The van der Waals surface area contributed by atoms with Gasteiger partial charge in [0.1, 0.15) is 17.3 Å². The molecular weight excluding hydrogens is 688 g/mol. The largest absolute Gasteiger partial charge is 0.496 e. The molecule has 1 amide bonds. The molecule has 0 saturated carbocycles. The Morgan fingerprint density at radius 1 is 0.796 bits per heavy atom. The monoisotopic (exact) mass is 738 g/mol. The molecule has 3 saturated heterocycles. The van der Waals surface area contributed by atoms with Crippen molar-refractivity contribution in [1.82, 2.24) is 28.8 Å². The van der Waals surface area contributed by atoms with Crippen LogP contribution in [0.2, 0.25) is 0 Å². The van der Waals surface area contributed by atoms with Crippen LogP contribution in [0.3, 0.4) is 0 Å². The number of ketones is 1. The van der Waals surface area contributed by atoms with Crippen molar-refractivity contribution in [2.45, 2.75) is 70.4 Å². The van der Waals surface area contributed by atoms with Crippen LogP contribution >= 0.6 is 0 Å². The van der Waals surface area contributed by atoms with Crippen molar-refractivity contribution in [3.63, 3.8) is 0 Å². The number of amides is 1. The van der Waals surface area contributed by atoms with E-state index < -0.39 is 0 Å². The Morgan fingerprint density at radius 2 is 1.48 bits per heavy atom. The van der Waals surface area contributed by atoms with Crippen LogP contribution < -0.4 is 20.6 Å². The molecule has 3 fully saturated rings. The van der Waals surface area contributed by atoms with Crippen molar-refractivity contribution < 1.29 is 23.8 Å². The number of aromatic nitrogens is 3. The first-order valence-electron chi connectivity index (χ1n) is 19.0. The van der Waals surface area contributed by atoms with E-state index in [0.717, 1.165) is 92.0 Å². The molecule has 0 radical (unpaired) electrons. The van der Waals surface area contributed by atoms with Gasteiger partial charge in [-0.05, 0) is 60.9 Å². The summed E-state index contributed by atoms with van der Waals surface area (Å²) in [6, 6.07) is 9.57. The number of nitrogens with zero attached hydrogens (tertiary/aromatic N) is 6. The fourth-order valence-electron chi connectivity index (χ4n) is 8.06. The topological polar surface area (TPSA) is 128 Å². The number of hydrogen-bond donors (Lipinski definition) is 0. The summed E-state index contributed by atoms with van der Waals surface area (Å²) in [6.07, 6.45) is 11.6. The summed E-state index contributed by atoms with van der Waals surface area (Å²) in [4.78, 5) is 60.4. The van der Waals surface area contributed by atoms with E-state index in [0.29, 0.717) is 37.0 Å². The minimum absolute atomic E-state index is 0.0352. The van der Waals surface area contributed by atoms with Gasteiger partial charge < -0.3 is 33.1 Å². The second-order valence-corrected chi connectivity index (χ2v) is 14.7. The number of pyridine rings is 3. The van der Waals surface area contributed by atoms with Gasteiger partial charge in [-0.3, -0.25) is 29.1 Å². The zero-order chi connectivity index (χ0) is 37.8. The van der Waals surface area contributed by atoms with Crippen molar-refractivity contribution in [2.24, 2.45) is 7.05 Å². The Morgan fingerprint density at radius 3 is 2.15 bits per heavy atom. The number of hydrogen-bond acceptors (Lipinski definition) is 10. The van der Waals surface area contributed by atoms with E-state index in [2.05, 4.69) is 14.8 Å². The highest BCUT2D eigenvalue weighted by Crippen LogP contribution is 2.38. The minimum Gasteiger partial charge on any atom is -0.496 e. The zero-order valence-corrected chi connectivity index (χ0v) is 31.5. The number of ether oxygens (including phenoxy) is 3. The van der Waals surface area contributed by atoms with Crippen molar-refractivity contribution in [3.05, 3.63) is 87.0 Å². The highest BCUT2D eigenvalue weighted by atomic mass is 16.5. The van der Waals surface area contributed by atoms with Crippen molar-refractivity contribution in [1.29, 1.82) is 0 Å². The lowest BCUT2D eigenvalue weighted by molar-refractivity contribution is -0.139. The molecule has 6 heterocycles. The van der Waals surface area contributed by atoms with E-state index in [1.54, 1.807) is 53.8 Å². The molecule has 3 aliphatic heterocycles. The molecule has 54 heavy (non-hydrogen) atoms. The Kier molecular flexibility index (Phi) is 11.6. The molecular formula is C41H50N6O7. The molecule has 0 bridgehead atoms. The van der Waals surface area contributed by atoms with E-state index in [1.165, 1.54) is 0 Å². The number of fused-ring (bicyclic) bond motifs is 1. The Hall–Kier alpha value is -4.85. The first-order valence-corrected chi connectivity index (χ1v) is 19.0. The van der Waals surface area contributed by atoms with Crippen molar-refractivity contribution >= 4 is 22.5 Å². The Labute approximate surface area is 315 Å². The van der Waals surface area contributed by atoms with Gasteiger partial charge in [0.15, 0.2) is 0 Å². The first kappa shape index (κ1) is 37.5. The third kappa shape index (κ3) is 8.28. The number of carbonyl (C=O) groups excluding carboxylic acids is 2. The standard InChI is InChI=1S/C41H50N6O7/c1-43-26-35(33-6-12-42-24-34(33)41(43)51)29-21-37(52-2)36(38(22-29)53-3)27-45-16-10-32(11-17-45)54-31-8-14-44(15-9-31)19-20-46-13-4-5-28(40(46)50)25-47-18-7-30(48)23-39(47)49/h4-6,12-13,21-22,24,26,31-32H,7-11,14-20,23,25,27H2,1-3H3. The molecule has 3 aromatic heterocycles. The predicted molar refractivity (Wildman–Crippen MR) is 205 cm³/mol. The average molecular weight is 739 g/mol. The molecule has 0 aliphatic carbocycles. The number of carbonyl (C=O) groups is 2. The normalized spacial score (nSPS) is 18.1. The summed E-state index contributed by atoms with van der Waals surface area (Å²) in [5.74, 6) is 1.26. The van der Waals surface area contributed by atoms with Gasteiger partial charge in [-0.2, -0.15) is 0 Å². The van der Waals surface area contributed by atoms with E-state index in [-0.39, 0.29) is 48.0 Å². The summed E-state index contributed by atoms with van der Waals surface area (Å²) < 4.78 is 21.8. The summed E-state index contributed by atoms with van der Waals surface area (Å²) in [5.41, 5.74) is 3.23. The molecule has 4 aromatic rings. The third-order valence-corrected chi connectivity index (χ3v) is 11.2. The van der Waals surface area contributed by atoms with Gasteiger partial charge in [-0.15, -0.1) is 0 Å². The van der Waals surface area contributed by atoms with Crippen LogP contribution in [0.15, 0.2) is 64.7 Å². The molecule has 0 N–H and O–H groups in total. The lowest BCUT2D eigenvalue weighted by Gasteiger charge is -2.37. The van der Waals surface area contributed by atoms with Crippen molar-refractivity contribution in [3.8, 4) is 22.6 Å². The average Bonchev–Trinajstić information content (AvgIpc) is 3.19. The number of aryl methyl sites for hydroxylation is 1. The number of rotatable bonds is 12. The van der Waals surface area contributed by atoms with Gasteiger partial charge in [0, 0.05) is 102 Å². The number of benzene rings is 1. The second kappa shape index (κ2) is 16.7. The molecule has 0 unspecified atom stereocenters. The summed E-state index contributed by atoms with van der Waals surface area (Å²) >= 11 is 0. The van der Waals surface area contributed by atoms with Crippen LogP contribution in [0.4, 0.5) is 0 Å². The lowest BCUT2D eigenvalue weighted by atomic mass is 9.98. The van der Waals surface area contributed by atoms with E-state index in [4.69, 9.17) is 14.2 Å². The van der Waals surface area contributed by atoms with Crippen molar-refractivity contribution in [2.75, 3.05) is 53.5 Å². The fraction of sp³-hybridized carbons (Fsp3) is 0.488. The molecule has 13 heteroatoms. The number of piperidine rings is 3. The summed E-state index contributed by atoms with van der Waals surface area (Å²) in [6.45, 7) is 6.35. The molecule has 7 rings (SSSR count). The Balaban J connectivity index is 0.890.